The molecule has 1 aromatic heterocycles. The van der Waals surface area contributed by atoms with Crippen LogP contribution in [-0.2, 0) is 13.0 Å². The average molecular weight is 269 g/mol. The Morgan fingerprint density at radius 2 is 2.15 bits per heavy atom. The Kier molecular flexibility index (Phi) is 2.42. The summed E-state index contributed by atoms with van der Waals surface area (Å²) in [5.41, 5.74) is 3.72. The fourth-order valence-electron chi connectivity index (χ4n) is 3.10. The number of carboxylic acids is 1. The lowest BCUT2D eigenvalue weighted by Crippen LogP contribution is -2.23. The van der Waals surface area contributed by atoms with Gasteiger partial charge in [-0.1, -0.05) is 29.5 Å². The number of rotatable bonds is 4. The zero-order valence-electron chi connectivity index (χ0n) is 11.0. The number of fused-ring (bicyclic) bond motifs is 1. The summed E-state index contributed by atoms with van der Waals surface area (Å²) in [6.07, 6.45) is 3.15. The lowest BCUT2D eigenvalue weighted by Gasteiger charge is -2.30. The molecule has 0 spiro atoms. The van der Waals surface area contributed by atoms with Gasteiger partial charge in [-0.25, -0.2) is 9.48 Å². The van der Waals surface area contributed by atoms with Gasteiger partial charge >= 0.3 is 5.97 Å². The van der Waals surface area contributed by atoms with E-state index in [4.69, 9.17) is 0 Å². The monoisotopic (exact) mass is 269 g/mol. The zero-order valence-corrected chi connectivity index (χ0v) is 11.0. The van der Waals surface area contributed by atoms with Crippen LogP contribution in [0.25, 0.3) is 0 Å². The third-order valence-electron chi connectivity index (χ3n) is 4.29. The predicted molar refractivity (Wildman–Crippen MR) is 71.8 cm³/mol. The summed E-state index contributed by atoms with van der Waals surface area (Å²) in [4.78, 5) is 11.2. The molecule has 20 heavy (non-hydrogen) atoms. The van der Waals surface area contributed by atoms with Crippen molar-refractivity contribution in [2.75, 3.05) is 0 Å². The molecule has 1 atom stereocenters. The van der Waals surface area contributed by atoms with E-state index >= 15 is 0 Å². The molecule has 0 radical (unpaired) electrons. The van der Waals surface area contributed by atoms with Crippen LogP contribution in [-0.4, -0.2) is 26.1 Å². The summed E-state index contributed by atoms with van der Waals surface area (Å²) in [7, 11) is 0. The molecular weight excluding hydrogens is 254 g/mol. The second-order valence-corrected chi connectivity index (χ2v) is 5.68. The summed E-state index contributed by atoms with van der Waals surface area (Å²) < 4.78 is 1.82. The number of aromatic carboxylic acids is 1. The van der Waals surface area contributed by atoms with E-state index in [2.05, 4.69) is 34.6 Å². The number of hydrogen-bond acceptors (Lipinski definition) is 3. The SMILES string of the molecule is O=C(O)c1nnn(CC2Cc3ccccc32)c1C1CC1. The van der Waals surface area contributed by atoms with Gasteiger partial charge in [0.25, 0.3) is 0 Å². The Morgan fingerprint density at radius 1 is 1.35 bits per heavy atom. The molecule has 1 heterocycles. The number of nitrogens with zero attached hydrogens (tertiary/aromatic N) is 3. The maximum Gasteiger partial charge on any atom is 0.358 e. The van der Waals surface area contributed by atoms with Gasteiger partial charge in [-0.05, 0) is 30.4 Å². The molecule has 0 bridgehead atoms. The molecule has 2 aromatic rings. The zero-order chi connectivity index (χ0) is 13.7. The summed E-state index contributed by atoms with van der Waals surface area (Å²) in [6.45, 7) is 0.739. The lowest BCUT2D eigenvalue weighted by molar-refractivity contribution is 0.0689. The molecule has 0 amide bonds. The maximum atomic E-state index is 11.2. The molecule has 1 fully saturated rings. The van der Waals surface area contributed by atoms with E-state index in [0.717, 1.165) is 31.5 Å². The standard InChI is InChI=1S/C15H15N3O2/c19-15(20)13-14(9-5-6-9)18(17-16-13)8-11-7-10-3-1-2-4-12(10)11/h1-4,9,11H,5-8H2,(H,19,20). The third-order valence-corrected chi connectivity index (χ3v) is 4.29. The number of benzene rings is 1. The summed E-state index contributed by atoms with van der Waals surface area (Å²) in [6, 6.07) is 8.41. The van der Waals surface area contributed by atoms with E-state index in [9.17, 15) is 9.90 Å². The van der Waals surface area contributed by atoms with Crippen molar-refractivity contribution < 1.29 is 9.90 Å². The van der Waals surface area contributed by atoms with Crippen LogP contribution in [0.5, 0.6) is 0 Å². The fraction of sp³-hybridized carbons (Fsp3) is 0.400. The van der Waals surface area contributed by atoms with Crippen LogP contribution in [0.3, 0.4) is 0 Å². The Morgan fingerprint density at radius 3 is 2.85 bits per heavy atom. The normalized spacial score (nSPS) is 20.3. The van der Waals surface area contributed by atoms with Crippen LogP contribution in [0.4, 0.5) is 0 Å². The summed E-state index contributed by atoms with van der Waals surface area (Å²) >= 11 is 0. The van der Waals surface area contributed by atoms with Crippen molar-refractivity contribution >= 4 is 5.97 Å². The molecular formula is C15H15N3O2. The highest BCUT2D eigenvalue weighted by Gasteiger charge is 2.35. The van der Waals surface area contributed by atoms with Crippen LogP contribution in [0.15, 0.2) is 24.3 Å². The molecule has 4 rings (SSSR count). The van der Waals surface area contributed by atoms with E-state index in [0.29, 0.717) is 11.8 Å². The van der Waals surface area contributed by atoms with Gasteiger partial charge in [0.15, 0.2) is 5.69 Å². The van der Waals surface area contributed by atoms with Gasteiger partial charge in [0.2, 0.25) is 0 Å². The quantitative estimate of drug-likeness (QED) is 0.923. The minimum Gasteiger partial charge on any atom is -0.476 e. The second kappa shape index (κ2) is 4.16. The largest absolute Gasteiger partial charge is 0.476 e. The van der Waals surface area contributed by atoms with E-state index in [1.54, 1.807) is 0 Å². The van der Waals surface area contributed by atoms with Crippen molar-refractivity contribution in [1.29, 1.82) is 0 Å². The predicted octanol–water partition coefficient (Wildman–Crippen LogP) is 2.19. The van der Waals surface area contributed by atoms with E-state index in [1.807, 2.05) is 4.68 Å². The van der Waals surface area contributed by atoms with Crippen molar-refractivity contribution in [3.63, 3.8) is 0 Å². The number of aromatic nitrogens is 3. The van der Waals surface area contributed by atoms with Crippen LogP contribution in [0.1, 0.15) is 52.0 Å². The minimum atomic E-state index is -0.966. The highest BCUT2D eigenvalue weighted by Crippen LogP contribution is 2.42. The molecule has 2 aliphatic carbocycles. The molecule has 2 aliphatic rings. The molecule has 5 nitrogen and oxygen atoms in total. The Bertz CT molecular complexity index is 688. The van der Waals surface area contributed by atoms with Crippen LogP contribution < -0.4 is 0 Å². The molecule has 1 unspecified atom stereocenters. The molecule has 1 saturated carbocycles. The molecule has 5 heteroatoms. The first-order valence-electron chi connectivity index (χ1n) is 6.98. The van der Waals surface area contributed by atoms with Gasteiger partial charge in [0.1, 0.15) is 0 Å². The summed E-state index contributed by atoms with van der Waals surface area (Å²) in [5.74, 6) is -0.189. The highest BCUT2D eigenvalue weighted by molar-refractivity contribution is 5.86. The molecule has 0 aliphatic heterocycles. The van der Waals surface area contributed by atoms with E-state index < -0.39 is 5.97 Å². The maximum absolute atomic E-state index is 11.2. The van der Waals surface area contributed by atoms with E-state index in [-0.39, 0.29) is 5.69 Å². The average Bonchev–Trinajstić information content (AvgIpc) is 3.16. The first-order valence-corrected chi connectivity index (χ1v) is 6.98. The fourth-order valence-corrected chi connectivity index (χ4v) is 3.10. The molecule has 1 aromatic carbocycles. The highest BCUT2D eigenvalue weighted by atomic mass is 16.4. The van der Waals surface area contributed by atoms with Crippen molar-refractivity contribution in [2.24, 2.45) is 0 Å². The number of carboxylic acid groups (broad SMARTS) is 1. The molecule has 0 saturated heterocycles. The first kappa shape index (κ1) is 11.6. The Hall–Kier alpha value is -2.17. The van der Waals surface area contributed by atoms with Gasteiger partial charge in [-0.3, -0.25) is 0 Å². The molecule has 102 valence electrons. The van der Waals surface area contributed by atoms with Gasteiger partial charge in [0.05, 0.1) is 12.2 Å². The number of carbonyl (C=O) groups is 1. The Labute approximate surface area is 116 Å². The smallest absolute Gasteiger partial charge is 0.358 e. The van der Waals surface area contributed by atoms with Gasteiger partial charge in [0, 0.05) is 11.8 Å². The van der Waals surface area contributed by atoms with Gasteiger partial charge in [-0.15, -0.1) is 5.10 Å². The van der Waals surface area contributed by atoms with Crippen LogP contribution in [0, 0.1) is 0 Å². The lowest BCUT2D eigenvalue weighted by atomic mass is 9.77. The third kappa shape index (κ3) is 1.73. The van der Waals surface area contributed by atoms with Crippen molar-refractivity contribution in [3.8, 4) is 0 Å². The van der Waals surface area contributed by atoms with Gasteiger partial charge in [-0.2, -0.15) is 0 Å². The van der Waals surface area contributed by atoms with E-state index in [1.165, 1.54) is 11.1 Å². The second-order valence-electron chi connectivity index (χ2n) is 5.68. The summed E-state index contributed by atoms with van der Waals surface area (Å²) in [5, 5.41) is 17.1. The van der Waals surface area contributed by atoms with Crippen molar-refractivity contribution in [3.05, 3.63) is 46.8 Å². The molecule has 1 N–H and O–H groups in total. The van der Waals surface area contributed by atoms with Crippen molar-refractivity contribution in [1.82, 2.24) is 15.0 Å². The first-order chi connectivity index (χ1) is 9.74. The van der Waals surface area contributed by atoms with Crippen LogP contribution in [0.2, 0.25) is 0 Å². The topological polar surface area (TPSA) is 68.0 Å². The van der Waals surface area contributed by atoms with Gasteiger partial charge < -0.3 is 5.11 Å². The Balaban J connectivity index is 1.63. The van der Waals surface area contributed by atoms with Crippen molar-refractivity contribution in [2.45, 2.75) is 37.6 Å². The number of hydrogen-bond donors (Lipinski definition) is 1. The minimum absolute atomic E-state index is 0.139. The van der Waals surface area contributed by atoms with Crippen LogP contribution >= 0.6 is 0 Å².